The van der Waals surface area contributed by atoms with Gasteiger partial charge in [0.15, 0.2) is 0 Å². The number of benzene rings is 1. The fraction of sp³-hybridized carbons (Fsp3) is 0. The van der Waals surface area contributed by atoms with Crippen molar-refractivity contribution in [2.24, 2.45) is 0 Å². The SMILES string of the molecule is N#CC(=C(Cl)c1ccc(Br)cc1F)c1cccs1. The van der Waals surface area contributed by atoms with Crippen LogP contribution in [0.25, 0.3) is 10.6 Å². The molecule has 0 radical (unpaired) electrons. The van der Waals surface area contributed by atoms with Crippen LogP contribution in [0.4, 0.5) is 4.39 Å². The average Bonchev–Trinajstić information content (AvgIpc) is 2.83. The number of thiophene rings is 1. The van der Waals surface area contributed by atoms with Crippen molar-refractivity contribution >= 4 is 49.5 Å². The van der Waals surface area contributed by atoms with Crippen LogP contribution in [0.3, 0.4) is 0 Å². The lowest BCUT2D eigenvalue weighted by Crippen LogP contribution is -1.88. The first-order valence-corrected chi connectivity index (χ1v) is 6.97. The Morgan fingerprint density at radius 3 is 2.72 bits per heavy atom. The fourth-order valence-corrected chi connectivity index (χ4v) is 2.85. The summed E-state index contributed by atoms with van der Waals surface area (Å²) in [6.07, 6.45) is 0. The van der Waals surface area contributed by atoms with Gasteiger partial charge in [-0.15, -0.1) is 11.3 Å². The van der Waals surface area contributed by atoms with E-state index in [-0.39, 0.29) is 16.2 Å². The van der Waals surface area contributed by atoms with Gasteiger partial charge in [-0.05, 0) is 29.6 Å². The van der Waals surface area contributed by atoms with E-state index >= 15 is 0 Å². The highest BCUT2D eigenvalue weighted by Gasteiger charge is 2.14. The lowest BCUT2D eigenvalue weighted by Gasteiger charge is -2.04. The van der Waals surface area contributed by atoms with Crippen LogP contribution in [0, 0.1) is 17.1 Å². The molecule has 5 heteroatoms. The van der Waals surface area contributed by atoms with E-state index in [2.05, 4.69) is 15.9 Å². The van der Waals surface area contributed by atoms with Gasteiger partial charge in [0.25, 0.3) is 0 Å². The molecule has 0 atom stereocenters. The van der Waals surface area contributed by atoms with Gasteiger partial charge in [0.05, 0.1) is 10.6 Å². The van der Waals surface area contributed by atoms with Crippen molar-refractivity contribution in [2.75, 3.05) is 0 Å². The zero-order valence-corrected chi connectivity index (χ0v) is 12.1. The number of hydrogen-bond donors (Lipinski definition) is 0. The smallest absolute Gasteiger partial charge is 0.133 e. The standard InChI is InChI=1S/C13H6BrClFNS/c14-8-3-4-9(11(16)6-8)13(15)10(7-17)12-2-1-5-18-12/h1-6H. The number of hydrogen-bond acceptors (Lipinski definition) is 2. The van der Waals surface area contributed by atoms with Crippen LogP contribution in [0.1, 0.15) is 10.4 Å². The van der Waals surface area contributed by atoms with E-state index in [4.69, 9.17) is 16.9 Å². The molecule has 90 valence electrons. The highest BCUT2D eigenvalue weighted by Crippen LogP contribution is 2.33. The third kappa shape index (κ3) is 2.64. The lowest BCUT2D eigenvalue weighted by molar-refractivity contribution is 0.624. The second-order valence-electron chi connectivity index (χ2n) is 3.40. The van der Waals surface area contributed by atoms with Gasteiger partial charge in [-0.1, -0.05) is 33.6 Å². The number of halogens is 3. The monoisotopic (exact) mass is 341 g/mol. The Kier molecular flexibility index (Phi) is 4.18. The topological polar surface area (TPSA) is 23.8 Å². The summed E-state index contributed by atoms with van der Waals surface area (Å²) >= 11 is 10.7. The summed E-state index contributed by atoms with van der Waals surface area (Å²) in [5, 5.41) is 11.1. The highest BCUT2D eigenvalue weighted by molar-refractivity contribution is 9.10. The Morgan fingerprint density at radius 2 is 2.17 bits per heavy atom. The predicted molar refractivity (Wildman–Crippen MR) is 76.7 cm³/mol. The van der Waals surface area contributed by atoms with Crippen molar-refractivity contribution < 1.29 is 4.39 Å². The van der Waals surface area contributed by atoms with E-state index in [1.54, 1.807) is 18.2 Å². The molecule has 0 aliphatic carbocycles. The van der Waals surface area contributed by atoms with Crippen molar-refractivity contribution in [2.45, 2.75) is 0 Å². The number of nitriles is 1. The molecule has 0 bridgehead atoms. The second kappa shape index (κ2) is 5.66. The van der Waals surface area contributed by atoms with Crippen LogP contribution >= 0.6 is 38.9 Å². The Bertz CT molecular complexity index is 644. The van der Waals surface area contributed by atoms with Gasteiger partial charge in [0.2, 0.25) is 0 Å². The molecule has 0 unspecified atom stereocenters. The van der Waals surface area contributed by atoms with Crippen LogP contribution in [0.2, 0.25) is 0 Å². The quantitative estimate of drug-likeness (QED) is 0.681. The van der Waals surface area contributed by atoms with E-state index < -0.39 is 5.82 Å². The Labute approximate surface area is 121 Å². The van der Waals surface area contributed by atoms with Crippen molar-refractivity contribution in [3.63, 3.8) is 0 Å². The number of allylic oxidation sites excluding steroid dienone is 1. The van der Waals surface area contributed by atoms with E-state index in [0.717, 1.165) is 4.88 Å². The Morgan fingerprint density at radius 1 is 1.39 bits per heavy atom. The fourth-order valence-electron chi connectivity index (χ4n) is 1.44. The summed E-state index contributed by atoms with van der Waals surface area (Å²) in [6.45, 7) is 0. The van der Waals surface area contributed by atoms with Crippen molar-refractivity contribution in [1.29, 1.82) is 5.26 Å². The first-order valence-electron chi connectivity index (χ1n) is 4.92. The van der Waals surface area contributed by atoms with E-state index in [0.29, 0.717) is 4.47 Å². The molecule has 0 saturated heterocycles. The van der Waals surface area contributed by atoms with E-state index in [1.165, 1.54) is 17.4 Å². The van der Waals surface area contributed by atoms with Gasteiger partial charge in [-0.25, -0.2) is 4.39 Å². The maximum Gasteiger partial charge on any atom is 0.133 e. The molecule has 0 aliphatic rings. The average molecular weight is 343 g/mol. The van der Waals surface area contributed by atoms with Gasteiger partial charge in [0, 0.05) is 14.9 Å². The minimum atomic E-state index is -0.460. The van der Waals surface area contributed by atoms with E-state index in [9.17, 15) is 4.39 Å². The molecule has 0 fully saturated rings. The molecule has 0 amide bonds. The Balaban J connectivity index is 2.58. The predicted octanol–water partition coefficient (Wildman–Crippen LogP) is 5.28. The maximum atomic E-state index is 13.8. The summed E-state index contributed by atoms with van der Waals surface area (Å²) in [7, 11) is 0. The van der Waals surface area contributed by atoms with Gasteiger partial charge in [0.1, 0.15) is 11.9 Å². The molecule has 0 saturated carbocycles. The zero-order valence-electron chi connectivity index (χ0n) is 8.95. The molecule has 1 heterocycles. The maximum absolute atomic E-state index is 13.8. The molecular formula is C13H6BrClFNS. The van der Waals surface area contributed by atoms with Crippen molar-refractivity contribution in [3.05, 3.63) is 56.4 Å². The van der Waals surface area contributed by atoms with Gasteiger partial charge < -0.3 is 0 Å². The molecule has 2 aromatic rings. The summed E-state index contributed by atoms with van der Waals surface area (Å²) in [5.41, 5.74) is 0.512. The van der Waals surface area contributed by atoms with Crippen molar-refractivity contribution in [1.82, 2.24) is 0 Å². The largest absolute Gasteiger partial charge is 0.206 e. The number of nitrogens with zero attached hydrogens (tertiary/aromatic N) is 1. The third-order valence-corrected chi connectivity index (χ3v) is 4.04. The second-order valence-corrected chi connectivity index (χ2v) is 5.64. The molecule has 1 nitrogen and oxygen atoms in total. The van der Waals surface area contributed by atoms with Crippen molar-refractivity contribution in [3.8, 4) is 6.07 Å². The minimum Gasteiger partial charge on any atom is -0.206 e. The van der Waals surface area contributed by atoms with Crippen LogP contribution < -0.4 is 0 Å². The lowest BCUT2D eigenvalue weighted by atomic mass is 10.1. The summed E-state index contributed by atoms with van der Waals surface area (Å²) in [4.78, 5) is 0.727. The molecule has 0 aliphatic heterocycles. The Hall–Kier alpha value is -1.15. The van der Waals surface area contributed by atoms with Crippen LogP contribution in [-0.4, -0.2) is 0 Å². The molecule has 18 heavy (non-hydrogen) atoms. The summed E-state index contributed by atoms with van der Waals surface area (Å²) in [6, 6.07) is 10.2. The van der Waals surface area contributed by atoms with E-state index in [1.807, 2.05) is 17.5 Å². The van der Waals surface area contributed by atoms with Crippen LogP contribution in [0.5, 0.6) is 0 Å². The molecule has 2 rings (SSSR count). The third-order valence-electron chi connectivity index (χ3n) is 2.27. The first-order chi connectivity index (χ1) is 8.63. The molecular weight excluding hydrogens is 337 g/mol. The normalized spacial score (nSPS) is 11.9. The van der Waals surface area contributed by atoms with Gasteiger partial charge >= 0.3 is 0 Å². The molecule has 0 spiro atoms. The van der Waals surface area contributed by atoms with Gasteiger partial charge in [-0.2, -0.15) is 5.26 Å². The zero-order chi connectivity index (χ0) is 13.1. The first kappa shape index (κ1) is 13.3. The van der Waals surface area contributed by atoms with Gasteiger partial charge in [-0.3, -0.25) is 0 Å². The summed E-state index contributed by atoms with van der Waals surface area (Å²) < 4.78 is 14.4. The molecule has 1 aromatic carbocycles. The molecule has 1 aromatic heterocycles. The van der Waals surface area contributed by atoms with Crippen LogP contribution in [-0.2, 0) is 0 Å². The minimum absolute atomic E-state index is 0.130. The highest BCUT2D eigenvalue weighted by atomic mass is 79.9. The molecule has 0 N–H and O–H groups in total. The van der Waals surface area contributed by atoms with Crippen LogP contribution in [0.15, 0.2) is 40.2 Å². The summed E-state index contributed by atoms with van der Waals surface area (Å²) in [5.74, 6) is -0.460. The number of rotatable bonds is 2.